The van der Waals surface area contributed by atoms with Gasteiger partial charge in [-0.15, -0.1) is 5.10 Å². The molecule has 0 spiro atoms. The quantitative estimate of drug-likeness (QED) is 0.639. The molecular formula is C21H23N5O3. The van der Waals surface area contributed by atoms with E-state index in [1.807, 2.05) is 24.3 Å². The number of benzene rings is 2. The third-order valence-corrected chi connectivity index (χ3v) is 5.02. The van der Waals surface area contributed by atoms with E-state index >= 15 is 0 Å². The maximum absolute atomic E-state index is 12.8. The lowest BCUT2D eigenvalue weighted by molar-refractivity contribution is -0.138. The molecule has 2 heterocycles. The largest absolute Gasteiger partial charge is 0.481 e. The standard InChI is InChI=1S/C21H23N5O3/c1-15(29-18-9-7-17(8-10-18)26-14-22-23-24-26)21(27)25(2)13-20-19-6-4-3-5-16(19)11-12-28-20/h3-10,14-15,20H,11-13H2,1-2H3/t15-,20+/m0/s1. The van der Waals surface area contributed by atoms with E-state index in [0.29, 0.717) is 18.9 Å². The van der Waals surface area contributed by atoms with Crippen LogP contribution in [0, 0.1) is 0 Å². The average molecular weight is 393 g/mol. The van der Waals surface area contributed by atoms with Crippen LogP contribution >= 0.6 is 0 Å². The number of hydrogen-bond donors (Lipinski definition) is 0. The molecule has 8 nitrogen and oxygen atoms in total. The van der Waals surface area contributed by atoms with Crippen molar-refractivity contribution >= 4 is 5.91 Å². The van der Waals surface area contributed by atoms with Gasteiger partial charge in [0.1, 0.15) is 18.2 Å². The van der Waals surface area contributed by atoms with Gasteiger partial charge in [0.25, 0.3) is 5.91 Å². The van der Waals surface area contributed by atoms with Crippen molar-refractivity contribution in [2.45, 2.75) is 25.6 Å². The number of rotatable bonds is 6. The zero-order chi connectivity index (χ0) is 20.2. The molecule has 1 amide bonds. The highest BCUT2D eigenvalue weighted by atomic mass is 16.5. The molecule has 0 N–H and O–H groups in total. The molecular weight excluding hydrogens is 370 g/mol. The smallest absolute Gasteiger partial charge is 0.263 e. The number of aromatic nitrogens is 4. The predicted octanol–water partition coefficient (Wildman–Crippen LogP) is 2.20. The Morgan fingerprint density at radius 2 is 2.07 bits per heavy atom. The molecule has 1 aromatic heterocycles. The van der Waals surface area contributed by atoms with Crippen LogP contribution in [0.1, 0.15) is 24.2 Å². The van der Waals surface area contributed by atoms with Crippen molar-refractivity contribution in [3.63, 3.8) is 0 Å². The summed E-state index contributed by atoms with van der Waals surface area (Å²) < 4.78 is 13.3. The first-order valence-electron chi connectivity index (χ1n) is 9.56. The van der Waals surface area contributed by atoms with Gasteiger partial charge < -0.3 is 14.4 Å². The molecule has 0 saturated carbocycles. The second kappa shape index (κ2) is 8.40. The van der Waals surface area contributed by atoms with Gasteiger partial charge >= 0.3 is 0 Å². The van der Waals surface area contributed by atoms with Crippen LogP contribution in [0.15, 0.2) is 54.9 Å². The van der Waals surface area contributed by atoms with Gasteiger partial charge in [-0.1, -0.05) is 24.3 Å². The summed E-state index contributed by atoms with van der Waals surface area (Å²) in [4.78, 5) is 14.5. The second-order valence-corrected chi connectivity index (χ2v) is 7.04. The van der Waals surface area contributed by atoms with E-state index < -0.39 is 6.10 Å². The van der Waals surface area contributed by atoms with Gasteiger partial charge in [-0.25, -0.2) is 4.68 Å². The zero-order valence-corrected chi connectivity index (χ0v) is 16.4. The van der Waals surface area contributed by atoms with Crippen LogP contribution in [-0.2, 0) is 16.0 Å². The third-order valence-electron chi connectivity index (χ3n) is 5.02. The number of hydrogen-bond acceptors (Lipinski definition) is 6. The Labute approximate surface area is 169 Å². The SMILES string of the molecule is C[C@H](Oc1ccc(-n2cnnn2)cc1)C(=O)N(C)C[C@H]1OCCc2ccccc21. The van der Waals surface area contributed by atoms with E-state index in [4.69, 9.17) is 9.47 Å². The van der Waals surface area contributed by atoms with Crippen LogP contribution in [0.2, 0.25) is 0 Å². The lowest BCUT2D eigenvalue weighted by atomic mass is 9.97. The first-order valence-corrected chi connectivity index (χ1v) is 9.56. The molecule has 1 aliphatic heterocycles. The van der Waals surface area contributed by atoms with Crippen molar-refractivity contribution in [3.8, 4) is 11.4 Å². The number of carbonyl (C=O) groups excluding carboxylic acids is 1. The Morgan fingerprint density at radius 1 is 1.28 bits per heavy atom. The number of tetrazole rings is 1. The molecule has 29 heavy (non-hydrogen) atoms. The van der Waals surface area contributed by atoms with Crippen molar-refractivity contribution in [1.82, 2.24) is 25.1 Å². The molecule has 0 saturated heterocycles. The zero-order valence-electron chi connectivity index (χ0n) is 16.4. The minimum Gasteiger partial charge on any atom is -0.481 e. The van der Waals surface area contributed by atoms with E-state index in [1.165, 1.54) is 11.9 Å². The minimum absolute atomic E-state index is 0.0961. The Kier molecular flexibility index (Phi) is 5.53. The molecule has 0 bridgehead atoms. The van der Waals surface area contributed by atoms with Gasteiger partial charge in [0.05, 0.1) is 18.8 Å². The minimum atomic E-state index is -0.613. The average Bonchev–Trinajstić information content (AvgIpc) is 3.29. The summed E-state index contributed by atoms with van der Waals surface area (Å²) in [6.45, 7) is 2.91. The number of nitrogens with zero attached hydrogens (tertiary/aromatic N) is 5. The van der Waals surface area contributed by atoms with Crippen LogP contribution in [0.25, 0.3) is 5.69 Å². The highest BCUT2D eigenvalue weighted by Gasteiger charge is 2.26. The fourth-order valence-corrected chi connectivity index (χ4v) is 3.49. The highest BCUT2D eigenvalue weighted by molar-refractivity contribution is 5.80. The van der Waals surface area contributed by atoms with Crippen LogP contribution in [0.3, 0.4) is 0 Å². The van der Waals surface area contributed by atoms with Crippen LogP contribution in [-0.4, -0.2) is 57.3 Å². The summed E-state index contributed by atoms with van der Waals surface area (Å²) >= 11 is 0. The van der Waals surface area contributed by atoms with Crippen molar-refractivity contribution < 1.29 is 14.3 Å². The predicted molar refractivity (Wildman–Crippen MR) is 106 cm³/mol. The topological polar surface area (TPSA) is 82.4 Å². The maximum atomic E-state index is 12.8. The molecule has 1 aliphatic rings. The van der Waals surface area contributed by atoms with Crippen molar-refractivity contribution in [3.05, 3.63) is 66.0 Å². The first-order chi connectivity index (χ1) is 14.1. The monoisotopic (exact) mass is 393 g/mol. The van der Waals surface area contributed by atoms with Crippen molar-refractivity contribution in [1.29, 1.82) is 0 Å². The summed E-state index contributed by atoms with van der Waals surface area (Å²) in [6, 6.07) is 15.5. The third kappa shape index (κ3) is 4.27. The Bertz CT molecular complexity index is 959. The van der Waals surface area contributed by atoms with E-state index in [-0.39, 0.29) is 12.0 Å². The molecule has 8 heteroatoms. The Morgan fingerprint density at radius 3 is 2.83 bits per heavy atom. The van der Waals surface area contributed by atoms with E-state index in [2.05, 4.69) is 27.7 Å². The van der Waals surface area contributed by atoms with Crippen LogP contribution in [0.5, 0.6) is 5.75 Å². The molecule has 0 radical (unpaired) electrons. The number of likely N-dealkylation sites (N-methyl/N-ethyl adjacent to an activating group) is 1. The fraction of sp³-hybridized carbons (Fsp3) is 0.333. The lowest BCUT2D eigenvalue weighted by Crippen LogP contribution is -2.41. The van der Waals surface area contributed by atoms with Gasteiger partial charge in [-0.05, 0) is 59.2 Å². The summed E-state index contributed by atoms with van der Waals surface area (Å²) in [5.41, 5.74) is 3.26. The number of amides is 1. The molecule has 4 rings (SSSR count). The number of fused-ring (bicyclic) bond motifs is 1. The second-order valence-electron chi connectivity index (χ2n) is 7.04. The van der Waals surface area contributed by atoms with Crippen LogP contribution < -0.4 is 4.74 Å². The summed E-state index contributed by atoms with van der Waals surface area (Å²) in [5.74, 6) is 0.511. The normalized spacial score (nSPS) is 16.7. The Hall–Kier alpha value is -3.26. The van der Waals surface area contributed by atoms with Crippen molar-refractivity contribution in [2.24, 2.45) is 0 Å². The Balaban J connectivity index is 1.36. The van der Waals surface area contributed by atoms with Crippen LogP contribution in [0.4, 0.5) is 0 Å². The van der Waals surface area contributed by atoms with Gasteiger partial charge in [-0.2, -0.15) is 0 Å². The number of carbonyl (C=O) groups is 1. The number of ether oxygens (including phenoxy) is 2. The van der Waals surface area contributed by atoms with E-state index in [0.717, 1.165) is 17.7 Å². The van der Waals surface area contributed by atoms with E-state index in [1.54, 1.807) is 35.7 Å². The van der Waals surface area contributed by atoms with Gasteiger partial charge in [0, 0.05) is 7.05 Å². The molecule has 0 fully saturated rings. The van der Waals surface area contributed by atoms with Gasteiger partial charge in [-0.3, -0.25) is 4.79 Å². The summed E-state index contributed by atoms with van der Waals surface area (Å²) in [6.07, 6.45) is 1.70. The van der Waals surface area contributed by atoms with E-state index in [9.17, 15) is 4.79 Å². The molecule has 3 aromatic rings. The first kappa shape index (κ1) is 19.1. The van der Waals surface area contributed by atoms with Crippen molar-refractivity contribution in [2.75, 3.05) is 20.2 Å². The lowest BCUT2D eigenvalue weighted by Gasteiger charge is -2.30. The van der Waals surface area contributed by atoms with Gasteiger partial charge in [0.15, 0.2) is 6.10 Å². The summed E-state index contributed by atoms with van der Waals surface area (Å²) in [5, 5.41) is 11.1. The highest BCUT2D eigenvalue weighted by Crippen LogP contribution is 2.27. The molecule has 0 unspecified atom stereocenters. The maximum Gasteiger partial charge on any atom is 0.263 e. The molecule has 2 atom stereocenters. The fourth-order valence-electron chi connectivity index (χ4n) is 3.49. The molecule has 2 aromatic carbocycles. The summed E-state index contributed by atoms with van der Waals surface area (Å²) in [7, 11) is 1.78. The van der Waals surface area contributed by atoms with Gasteiger partial charge in [0.2, 0.25) is 0 Å². The molecule has 150 valence electrons. The molecule has 0 aliphatic carbocycles.